The number of rotatable bonds is 4. The third-order valence-electron chi connectivity index (χ3n) is 4.03. The maximum absolute atomic E-state index is 12.5. The van der Waals surface area contributed by atoms with Gasteiger partial charge in [0.25, 0.3) is 5.91 Å². The van der Waals surface area contributed by atoms with Crippen molar-refractivity contribution in [2.24, 2.45) is 0 Å². The van der Waals surface area contributed by atoms with Gasteiger partial charge in [-0.3, -0.25) is 4.79 Å². The molecule has 4 rings (SSSR count). The SMILES string of the molecule is O=C(NCc1cccnc1-n1cccn1)[C@H]1Cc2cc(Cl)ccc2O1. The van der Waals surface area contributed by atoms with Gasteiger partial charge in [-0.1, -0.05) is 17.7 Å². The molecule has 3 aromatic rings. The number of nitrogens with zero attached hydrogens (tertiary/aromatic N) is 3. The Morgan fingerprint density at radius 3 is 3.08 bits per heavy atom. The molecule has 3 heterocycles. The summed E-state index contributed by atoms with van der Waals surface area (Å²) in [5.74, 6) is 1.24. The number of amides is 1. The fourth-order valence-electron chi connectivity index (χ4n) is 2.83. The molecule has 1 atom stereocenters. The van der Waals surface area contributed by atoms with Crippen molar-refractivity contribution < 1.29 is 9.53 Å². The molecule has 1 aromatic carbocycles. The van der Waals surface area contributed by atoms with Crippen LogP contribution in [0.15, 0.2) is 55.0 Å². The molecule has 0 saturated heterocycles. The van der Waals surface area contributed by atoms with Crippen LogP contribution in [0.1, 0.15) is 11.1 Å². The van der Waals surface area contributed by atoms with Crippen molar-refractivity contribution in [1.82, 2.24) is 20.1 Å². The van der Waals surface area contributed by atoms with E-state index < -0.39 is 6.10 Å². The van der Waals surface area contributed by atoms with Gasteiger partial charge in [0.2, 0.25) is 0 Å². The second-order valence-electron chi connectivity index (χ2n) is 5.72. The third kappa shape index (κ3) is 3.21. The minimum absolute atomic E-state index is 0.164. The summed E-state index contributed by atoms with van der Waals surface area (Å²) in [6, 6.07) is 11.0. The van der Waals surface area contributed by atoms with Crippen LogP contribution in [-0.2, 0) is 17.8 Å². The summed E-state index contributed by atoms with van der Waals surface area (Å²) >= 11 is 5.99. The zero-order valence-corrected chi connectivity index (χ0v) is 14.0. The Bertz CT molecular complexity index is 911. The summed E-state index contributed by atoms with van der Waals surface area (Å²) in [6.07, 6.45) is 5.17. The van der Waals surface area contributed by atoms with Crippen LogP contribution < -0.4 is 10.1 Å². The fraction of sp³-hybridized carbons (Fsp3) is 0.167. The fourth-order valence-corrected chi connectivity index (χ4v) is 3.02. The summed E-state index contributed by atoms with van der Waals surface area (Å²) < 4.78 is 7.38. The van der Waals surface area contributed by atoms with Crippen LogP contribution in [0.3, 0.4) is 0 Å². The van der Waals surface area contributed by atoms with Gasteiger partial charge in [-0.05, 0) is 35.9 Å². The quantitative estimate of drug-likeness (QED) is 0.781. The van der Waals surface area contributed by atoms with Crippen LogP contribution in [-0.4, -0.2) is 26.8 Å². The molecule has 126 valence electrons. The van der Waals surface area contributed by atoms with E-state index in [9.17, 15) is 4.79 Å². The van der Waals surface area contributed by atoms with E-state index in [1.165, 1.54) is 0 Å². The lowest BCUT2D eigenvalue weighted by molar-refractivity contribution is -0.127. The first-order valence-corrected chi connectivity index (χ1v) is 8.25. The Morgan fingerprint density at radius 1 is 1.32 bits per heavy atom. The maximum atomic E-state index is 12.5. The Labute approximate surface area is 149 Å². The van der Waals surface area contributed by atoms with Crippen LogP contribution in [0.4, 0.5) is 0 Å². The maximum Gasteiger partial charge on any atom is 0.261 e. The van der Waals surface area contributed by atoms with Crippen LogP contribution in [0.25, 0.3) is 5.82 Å². The van der Waals surface area contributed by atoms with Gasteiger partial charge >= 0.3 is 0 Å². The van der Waals surface area contributed by atoms with Crippen molar-refractivity contribution in [3.8, 4) is 11.6 Å². The highest BCUT2D eigenvalue weighted by Crippen LogP contribution is 2.31. The van der Waals surface area contributed by atoms with Gasteiger partial charge in [-0.25, -0.2) is 9.67 Å². The van der Waals surface area contributed by atoms with Crippen molar-refractivity contribution >= 4 is 17.5 Å². The van der Waals surface area contributed by atoms with Gasteiger partial charge in [-0.2, -0.15) is 5.10 Å². The van der Waals surface area contributed by atoms with Gasteiger partial charge in [-0.15, -0.1) is 0 Å². The number of fused-ring (bicyclic) bond motifs is 1. The summed E-state index contributed by atoms with van der Waals surface area (Å²) in [7, 11) is 0. The van der Waals surface area contributed by atoms with Gasteiger partial charge in [0.15, 0.2) is 11.9 Å². The highest BCUT2D eigenvalue weighted by atomic mass is 35.5. The lowest BCUT2D eigenvalue weighted by Crippen LogP contribution is -2.37. The first-order chi connectivity index (χ1) is 12.2. The number of nitrogens with one attached hydrogen (secondary N) is 1. The van der Waals surface area contributed by atoms with E-state index in [4.69, 9.17) is 16.3 Å². The summed E-state index contributed by atoms with van der Waals surface area (Å²) in [4.78, 5) is 16.8. The molecule has 2 aromatic heterocycles. The molecule has 0 spiro atoms. The Hall–Kier alpha value is -2.86. The highest BCUT2D eigenvalue weighted by Gasteiger charge is 2.29. The van der Waals surface area contributed by atoms with Gasteiger partial charge in [0.05, 0.1) is 0 Å². The molecule has 0 aliphatic carbocycles. The summed E-state index contributed by atoms with van der Waals surface area (Å²) in [6.45, 7) is 0.346. The van der Waals surface area contributed by atoms with E-state index in [0.717, 1.165) is 11.1 Å². The molecular formula is C18H15ClN4O2. The normalized spacial score (nSPS) is 15.5. The molecule has 0 radical (unpaired) electrons. The number of carbonyl (C=O) groups excluding carboxylic acids is 1. The number of hydrogen-bond acceptors (Lipinski definition) is 4. The molecule has 7 heteroatoms. The molecule has 1 N–H and O–H groups in total. The highest BCUT2D eigenvalue weighted by molar-refractivity contribution is 6.30. The second-order valence-corrected chi connectivity index (χ2v) is 6.15. The predicted molar refractivity (Wildman–Crippen MR) is 92.8 cm³/mol. The van der Waals surface area contributed by atoms with Crippen molar-refractivity contribution in [3.05, 3.63) is 71.1 Å². The van der Waals surface area contributed by atoms with E-state index in [1.807, 2.05) is 30.5 Å². The molecule has 0 unspecified atom stereocenters. The standard InChI is InChI=1S/C18H15ClN4O2/c19-14-4-5-15-13(9-14)10-16(25-15)18(24)21-11-12-3-1-6-20-17(12)23-8-2-7-22-23/h1-9,16H,10-11H2,(H,21,24)/t16-/m1/s1. The number of pyridine rings is 1. The van der Waals surface area contributed by atoms with E-state index in [0.29, 0.717) is 29.6 Å². The number of carbonyl (C=O) groups is 1. The predicted octanol–water partition coefficient (Wildman–Crippen LogP) is 2.54. The van der Waals surface area contributed by atoms with Gasteiger partial charge < -0.3 is 10.1 Å². The lowest BCUT2D eigenvalue weighted by Gasteiger charge is -2.13. The van der Waals surface area contributed by atoms with E-state index in [-0.39, 0.29) is 5.91 Å². The smallest absolute Gasteiger partial charge is 0.261 e. The Morgan fingerprint density at radius 2 is 2.24 bits per heavy atom. The number of hydrogen-bond donors (Lipinski definition) is 1. The average Bonchev–Trinajstić information content (AvgIpc) is 3.29. The largest absolute Gasteiger partial charge is 0.480 e. The van der Waals surface area contributed by atoms with E-state index in [2.05, 4.69) is 15.4 Å². The lowest BCUT2D eigenvalue weighted by atomic mass is 10.1. The summed E-state index contributed by atoms with van der Waals surface area (Å²) in [5.41, 5.74) is 1.82. The van der Waals surface area contributed by atoms with Crippen LogP contribution >= 0.6 is 11.6 Å². The molecule has 0 bridgehead atoms. The zero-order valence-electron chi connectivity index (χ0n) is 13.2. The molecule has 0 saturated carbocycles. The zero-order chi connectivity index (χ0) is 17.2. The number of benzene rings is 1. The third-order valence-corrected chi connectivity index (χ3v) is 4.27. The van der Waals surface area contributed by atoms with Gasteiger partial charge in [0, 0.05) is 42.1 Å². The minimum atomic E-state index is -0.543. The van der Waals surface area contributed by atoms with Crippen molar-refractivity contribution in [2.45, 2.75) is 19.1 Å². The molecule has 0 fully saturated rings. The first kappa shape index (κ1) is 15.7. The van der Waals surface area contributed by atoms with Crippen LogP contribution in [0, 0.1) is 0 Å². The first-order valence-electron chi connectivity index (χ1n) is 7.87. The monoisotopic (exact) mass is 354 g/mol. The summed E-state index contributed by atoms with van der Waals surface area (Å²) in [5, 5.41) is 7.75. The number of halogens is 1. The van der Waals surface area contributed by atoms with E-state index in [1.54, 1.807) is 29.2 Å². The van der Waals surface area contributed by atoms with Crippen molar-refractivity contribution in [3.63, 3.8) is 0 Å². The molecule has 1 aliphatic rings. The number of ether oxygens (including phenoxy) is 1. The van der Waals surface area contributed by atoms with Crippen molar-refractivity contribution in [2.75, 3.05) is 0 Å². The second kappa shape index (κ2) is 6.57. The van der Waals surface area contributed by atoms with E-state index >= 15 is 0 Å². The topological polar surface area (TPSA) is 69.0 Å². The Kier molecular flexibility index (Phi) is 4.11. The molecule has 1 aliphatic heterocycles. The van der Waals surface area contributed by atoms with Gasteiger partial charge in [0.1, 0.15) is 5.75 Å². The van der Waals surface area contributed by atoms with Crippen LogP contribution in [0.5, 0.6) is 5.75 Å². The molecule has 25 heavy (non-hydrogen) atoms. The minimum Gasteiger partial charge on any atom is -0.480 e. The molecular weight excluding hydrogens is 340 g/mol. The Balaban J connectivity index is 1.44. The van der Waals surface area contributed by atoms with Crippen LogP contribution in [0.2, 0.25) is 5.02 Å². The number of aromatic nitrogens is 3. The average molecular weight is 355 g/mol. The molecule has 1 amide bonds. The molecule has 6 nitrogen and oxygen atoms in total. The van der Waals surface area contributed by atoms with Crippen molar-refractivity contribution in [1.29, 1.82) is 0 Å².